The van der Waals surface area contributed by atoms with Crippen molar-refractivity contribution in [3.8, 4) is 0 Å². The number of methoxy groups -OCH3 is 1. The molecule has 0 aliphatic heterocycles. The first-order chi connectivity index (χ1) is 10.1. The second-order valence-electron chi connectivity index (χ2n) is 4.52. The molecule has 0 radical (unpaired) electrons. The van der Waals surface area contributed by atoms with Crippen LogP contribution in [0.3, 0.4) is 0 Å². The number of aliphatic hydroxyl groups is 1. The molecule has 7 heteroatoms. The predicted octanol–water partition coefficient (Wildman–Crippen LogP) is 1.63. The topological polar surface area (TPSA) is 44.7 Å². The lowest BCUT2D eigenvalue weighted by Gasteiger charge is -2.24. The van der Waals surface area contributed by atoms with Gasteiger partial charge < -0.3 is 20.1 Å². The molecule has 0 amide bonds. The maximum atomic E-state index is 14.0. The lowest BCUT2D eigenvalue weighted by atomic mass is 10.1. The van der Waals surface area contributed by atoms with Gasteiger partial charge in [-0.15, -0.1) is 0 Å². The van der Waals surface area contributed by atoms with Gasteiger partial charge in [-0.25, -0.2) is 13.2 Å². The molecule has 0 saturated carbocycles. The van der Waals surface area contributed by atoms with Crippen LogP contribution in [0.2, 0.25) is 0 Å². The van der Waals surface area contributed by atoms with Crippen LogP contribution in [-0.2, 0) is 11.3 Å². The summed E-state index contributed by atoms with van der Waals surface area (Å²) in [6.45, 7) is 0.707. The minimum absolute atomic E-state index is 0.0350. The summed E-state index contributed by atoms with van der Waals surface area (Å²) in [7, 11) is 1.59. The molecule has 0 fully saturated rings. The molecule has 0 aliphatic rings. The van der Waals surface area contributed by atoms with E-state index in [1.165, 1.54) is 12.1 Å². The maximum Gasteiger partial charge on any atom is 0.255 e. The van der Waals surface area contributed by atoms with Crippen LogP contribution in [-0.4, -0.2) is 51.5 Å². The number of alkyl halides is 2. The molecule has 0 bridgehead atoms. The molecule has 1 aromatic rings. The molecule has 0 atom stereocenters. The molecule has 0 saturated heterocycles. The van der Waals surface area contributed by atoms with E-state index in [-0.39, 0.29) is 18.8 Å². The zero-order chi connectivity index (χ0) is 15.7. The van der Waals surface area contributed by atoms with Gasteiger partial charge in [0.2, 0.25) is 0 Å². The molecule has 4 nitrogen and oxygen atoms in total. The summed E-state index contributed by atoms with van der Waals surface area (Å²) in [6.07, 6.45) is -2.59. The molecule has 2 N–H and O–H groups in total. The third-order valence-electron chi connectivity index (χ3n) is 2.89. The van der Waals surface area contributed by atoms with Gasteiger partial charge in [0, 0.05) is 26.7 Å². The Labute approximate surface area is 122 Å². The summed E-state index contributed by atoms with van der Waals surface area (Å²) in [5.41, 5.74) is 0.790. The van der Waals surface area contributed by atoms with Crippen molar-refractivity contribution in [2.75, 3.05) is 44.9 Å². The van der Waals surface area contributed by atoms with E-state index in [1.54, 1.807) is 13.2 Å². The number of hydrogen-bond acceptors (Lipinski definition) is 4. The van der Waals surface area contributed by atoms with Crippen molar-refractivity contribution >= 4 is 5.69 Å². The van der Waals surface area contributed by atoms with Crippen LogP contribution < -0.4 is 10.2 Å². The summed E-state index contributed by atoms with van der Waals surface area (Å²) >= 11 is 0. The second kappa shape index (κ2) is 9.59. The van der Waals surface area contributed by atoms with Crippen LogP contribution in [0.25, 0.3) is 0 Å². The lowest BCUT2D eigenvalue weighted by Crippen LogP contribution is -2.32. The molecule has 0 spiro atoms. The van der Waals surface area contributed by atoms with Gasteiger partial charge in [0.15, 0.2) is 0 Å². The molecular weight excluding hydrogens is 285 g/mol. The van der Waals surface area contributed by atoms with Gasteiger partial charge in [-0.3, -0.25) is 0 Å². The highest BCUT2D eigenvalue weighted by molar-refractivity contribution is 5.49. The van der Waals surface area contributed by atoms with Gasteiger partial charge in [0.1, 0.15) is 5.82 Å². The summed E-state index contributed by atoms with van der Waals surface area (Å²) in [5.74, 6) is -0.574. The van der Waals surface area contributed by atoms with Crippen LogP contribution in [0, 0.1) is 5.82 Å². The Morgan fingerprint density at radius 1 is 1.38 bits per heavy atom. The van der Waals surface area contributed by atoms with Crippen molar-refractivity contribution in [2.45, 2.75) is 13.0 Å². The standard InChI is InChI=1S/C14H21F3N2O2/c1-21-7-4-18-9-11-2-3-13(12(15)8-11)19(5-6-20)10-14(16)17/h2-3,8,14,18,20H,4-7,9-10H2,1H3. The van der Waals surface area contributed by atoms with E-state index in [2.05, 4.69) is 5.32 Å². The Bertz CT molecular complexity index is 419. The number of hydrogen-bond donors (Lipinski definition) is 2. The van der Waals surface area contributed by atoms with E-state index in [9.17, 15) is 13.2 Å². The fourth-order valence-corrected chi connectivity index (χ4v) is 1.92. The summed E-state index contributed by atoms with van der Waals surface area (Å²) in [4.78, 5) is 1.14. The minimum Gasteiger partial charge on any atom is -0.395 e. The van der Waals surface area contributed by atoms with Gasteiger partial charge in [0.05, 0.1) is 25.4 Å². The van der Waals surface area contributed by atoms with E-state index < -0.39 is 18.8 Å². The van der Waals surface area contributed by atoms with Gasteiger partial charge in [0.25, 0.3) is 6.43 Å². The maximum absolute atomic E-state index is 14.0. The number of nitrogens with zero attached hydrogens (tertiary/aromatic N) is 1. The largest absolute Gasteiger partial charge is 0.395 e. The fraction of sp³-hybridized carbons (Fsp3) is 0.571. The molecular formula is C14H21F3N2O2. The Morgan fingerprint density at radius 3 is 2.71 bits per heavy atom. The zero-order valence-corrected chi connectivity index (χ0v) is 12.0. The van der Waals surface area contributed by atoms with E-state index in [4.69, 9.17) is 9.84 Å². The summed E-state index contributed by atoms with van der Waals surface area (Å²) in [5, 5.41) is 12.0. The number of nitrogens with one attached hydrogen (secondary N) is 1. The molecule has 0 heterocycles. The molecule has 0 aliphatic carbocycles. The van der Waals surface area contributed by atoms with Gasteiger partial charge >= 0.3 is 0 Å². The van der Waals surface area contributed by atoms with E-state index in [0.29, 0.717) is 25.3 Å². The van der Waals surface area contributed by atoms with E-state index in [0.717, 1.165) is 4.90 Å². The van der Waals surface area contributed by atoms with Crippen LogP contribution in [0.15, 0.2) is 18.2 Å². The summed E-state index contributed by atoms with van der Waals surface area (Å²) < 4.78 is 43.9. The Morgan fingerprint density at radius 2 is 2.14 bits per heavy atom. The average Bonchev–Trinajstić information content (AvgIpc) is 2.43. The lowest BCUT2D eigenvalue weighted by molar-refractivity contribution is 0.152. The SMILES string of the molecule is COCCNCc1ccc(N(CCO)CC(F)F)c(F)c1. The Balaban J connectivity index is 2.70. The second-order valence-corrected chi connectivity index (χ2v) is 4.52. The molecule has 1 rings (SSSR count). The summed E-state index contributed by atoms with van der Waals surface area (Å²) in [6, 6.07) is 4.44. The van der Waals surface area contributed by atoms with Crippen LogP contribution in [0.5, 0.6) is 0 Å². The smallest absolute Gasteiger partial charge is 0.255 e. The fourth-order valence-electron chi connectivity index (χ4n) is 1.92. The normalized spacial score (nSPS) is 11.1. The van der Waals surface area contributed by atoms with Crippen molar-refractivity contribution < 1.29 is 23.0 Å². The molecule has 0 unspecified atom stereocenters. The van der Waals surface area contributed by atoms with E-state index in [1.807, 2.05) is 0 Å². The first kappa shape index (κ1) is 17.7. The quantitative estimate of drug-likeness (QED) is 0.645. The zero-order valence-electron chi connectivity index (χ0n) is 12.0. The van der Waals surface area contributed by atoms with Crippen molar-refractivity contribution in [1.82, 2.24) is 5.32 Å². The van der Waals surface area contributed by atoms with Crippen LogP contribution >= 0.6 is 0 Å². The average molecular weight is 306 g/mol. The predicted molar refractivity (Wildman–Crippen MR) is 75.3 cm³/mol. The highest BCUT2D eigenvalue weighted by atomic mass is 19.3. The number of ether oxygens (including phenoxy) is 1. The van der Waals surface area contributed by atoms with Crippen LogP contribution in [0.4, 0.5) is 18.9 Å². The first-order valence-electron chi connectivity index (χ1n) is 6.70. The molecule has 21 heavy (non-hydrogen) atoms. The van der Waals surface area contributed by atoms with Gasteiger partial charge in [-0.05, 0) is 17.7 Å². The Hall–Kier alpha value is -1.31. The van der Waals surface area contributed by atoms with Gasteiger partial charge in [-0.1, -0.05) is 6.07 Å². The Kier molecular flexibility index (Phi) is 8.11. The number of rotatable bonds is 10. The van der Waals surface area contributed by atoms with Crippen molar-refractivity contribution in [3.05, 3.63) is 29.6 Å². The number of anilines is 1. The highest BCUT2D eigenvalue weighted by Crippen LogP contribution is 2.21. The number of halogens is 3. The number of benzene rings is 1. The van der Waals surface area contributed by atoms with Crippen molar-refractivity contribution in [3.63, 3.8) is 0 Å². The monoisotopic (exact) mass is 306 g/mol. The third kappa shape index (κ3) is 6.33. The molecule has 1 aromatic carbocycles. The first-order valence-corrected chi connectivity index (χ1v) is 6.70. The van der Waals surface area contributed by atoms with Crippen molar-refractivity contribution in [1.29, 1.82) is 0 Å². The minimum atomic E-state index is -2.59. The van der Waals surface area contributed by atoms with Crippen LogP contribution in [0.1, 0.15) is 5.56 Å². The highest BCUT2D eigenvalue weighted by Gasteiger charge is 2.16. The number of aliphatic hydroxyl groups excluding tert-OH is 1. The van der Waals surface area contributed by atoms with E-state index >= 15 is 0 Å². The third-order valence-corrected chi connectivity index (χ3v) is 2.89. The molecule has 0 aromatic heterocycles. The molecule has 120 valence electrons. The van der Waals surface area contributed by atoms with Gasteiger partial charge in [-0.2, -0.15) is 0 Å². The van der Waals surface area contributed by atoms with Crippen molar-refractivity contribution in [2.24, 2.45) is 0 Å².